The fourth-order valence-electron chi connectivity index (χ4n) is 1.98. The van der Waals surface area contributed by atoms with E-state index in [9.17, 15) is 0 Å². The van der Waals surface area contributed by atoms with E-state index in [1.165, 1.54) is 33.0 Å². The second-order valence-electron chi connectivity index (χ2n) is 4.63. The van der Waals surface area contributed by atoms with Gasteiger partial charge in [0.15, 0.2) is 0 Å². The van der Waals surface area contributed by atoms with Gasteiger partial charge in [-0.25, -0.2) is 8.42 Å². The van der Waals surface area contributed by atoms with E-state index in [2.05, 4.69) is 46.0 Å². The van der Waals surface area contributed by atoms with E-state index in [1.807, 2.05) is 0 Å². The maximum Gasteiger partial charge on any atom is 0.143 e. The van der Waals surface area contributed by atoms with Gasteiger partial charge in [0, 0.05) is 30.4 Å². The zero-order valence-corrected chi connectivity index (χ0v) is 12.2. The number of aryl methyl sites for hydroxylation is 1. The van der Waals surface area contributed by atoms with Crippen molar-refractivity contribution in [3.8, 4) is 0 Å². The van der Waals surface area contributed by atoms with Crippen LogP contribution in [0.5, 0.6) is 0 Å². The maximum absolute atomic E-state index is 9.08. The lowest BCUT2D eigenvalue weighted by Crippen LogP contribution is -3.00. The molecular formula is C13H19NO3S. The van der Waals surface area contributed by atoms with Gasteiger partial charge in [-0.15, -0.1) is 0 Å². The number of rotatable bonds is 0. The third-order valence-corrected chi connectivity index (χ3v) is 3.11. The molecule has 1 heterocycles. The fourth-order valence-corrected chi connectivity index (χ4v) is 1.98. The second kappa shape index (κ2) is 5.22. The Morgan fingerprint density at radius 2 is 1.67 bits per heavy atom. The zero-order chi connectivity index (χ0) is 14.1. The molecular weight excluding hydrogens is 250 g/mol. The van der Waals surface area contributed by atoms with Crippen LogP contribution in [-0.4, -0.2) is 26.3 Å². The molecule has 0 aromatic heterocycles. The van der Waals surface area contributed by atoms with Crippen LogP contribution >= 0.6 is 0 Å². The first-order chi connectivity index (χ1) is 8.11. The highest BCUT2D eigenvalue weighted by Gasteiger charge is 2.25. The molecule has 1 aromatic rings. The molecule has 0 saturated heterocycles. The van der Waals surface area contributed by atoms with E-state index >= 15 is 0 Å². The second-order valence-corrected chi connectivity index (χ2v) is 6.04. The van der Waals surface area contributed by atoms with Gasteiger partial charge in [-0.1, -0.05) is 11.6 Å². The quantitative estimate of drug-likeness (QED) is 0.717. The lowest BCUT2D eigenvalue weighted by Gasteiger charge is -2.07. The van der Waals surface area contributed by atoms with Crippen molar-refractivity contribution >= 4 is 21.4 Å². The Bertz CT molecular complexity index is 580. The third-order valence-electron chi connectivity index (χ3n) is 3.11. The number of fused-ring (bicyclic) bond motifs is 1. The highest BCUT2D eigenvalue weighted by Crippen LogP contribution is 2.28. The molecule has 1 aliphatic rings. The summed E-state index contributed by atoms with van der Waals surface area (Å²) in [7, 11) is -1.71. The Kier molecular flexibility index (Phi) is 4.32. The lowest BCUT2D eigenvalue weighted by molar-refractivity contribution is -0.762. The van der Waals surface area contributed by atoms with Gasteiger partial charge in [0.1, 0.15) is 11.4 Å². The van der Waals surface area contributed by atoms with Crippen molar-refractivity contribution in [1.29, 1.82) is 0 Å². The van der Waals surface area contributed by atoms with Gasteiger partial charge in [-0.3, -0.25) is 4.90 Å². The van der Waals surface area contributed by atoms with Crippen LogP contribution < -0.4 is 4.90 Å². The number of quaternary nitrogens is 1. The van der Waals surface area contributed by atoms with Crippen molar-refractivity contribution in [2.45, 2.75) is 20.8 Å². The molecule has 0 fully saturated rings. The molecule has 5 heteroatoms. The molecule has 0 bridgehead atoms. The summed E-state index contributed by atoms with van der Waals surface area (Å²) in [6, 6.07) is 6.71. The summed E-state index contributed by atoms with van der Waals surface area (Å²) in [5, 5.41) is 0. The van der Waals surface area contributed by atoms with Crippen LogP contribution in [0.25, 0.3) is 5.57 Å². The normalized spacial score (nSPS) is 18.2. The van der Waals surface area contributed by atoms with E-state index in [0.29, 0.717) is 6.26 Å². The van der Waals surface area contributed by atoms with Crippen molar-refractivity contribution in [3.63, 3.8) is 0 Å². The molecule has 0 saturated carbocycles. The molecule has 0 amide bonds. The fraction of sp³-hybridized carbons (Fsp3) is 0.385. The molecule has 0 aliphatic carbocycles. The first-order valence-corrected chi connectivity index (χ1v) is 7.46. The Labute approximate surface area is 109 Å². The average Bonchev–Trinajstić information content (AvgIpc) is 2.42. The van der Waals surface area contributed by atoms with E-state index in [1.54, 1.807) is 0 Å². The minimum Gasteiger partial charge on any atom is -0.748 e. The van der Waals surface area contributed by atoms with Crippen molar-refractivity contribution in [2.24, 2.45) is 0 Å². The minimum absolute atomic E-state index is 0.604. The predicted octanol–water partition coefficient (Wildman–Crippen LogP) is 1.07. The summed E-state index contributed by atoms with van der Waals surface area (Å²) >= 11 is 0. The molecule has 1 N–H and O–H groups in total. The third kappa shape index (κ3) is 3.66. The summed E-state index contributed by atoms with van der Waals surface area (Å²) in [6.45, 7) is 6.57. The van der Waals surface area contributed by atoms with E-state index in [0.717, 1.165) is 0 Å². The Morgan fingerprint density at radius 1 is 1.17 bits per heavy atom. The molecule has 100 valence electrons. The topological polar surface area (TPSA) is 61.6 Å². The van der Waals surface area contributed by atoms with Gasteiger partial charge in [0.05, 0.1) is 17.2 Å². The van der Waals surface area contributed by atoms with Crippen LogP contribution in [-0.2, 0) is 10.1 Å². The number of benzene rings is 1. The van der Waals surface area contributed by atoms with Gasteiger partial charge in [-0.05, 0) is 19.9 Å². The summed E-state index contributed by atoms with van der Waals surface area (Å²) in [4.78, 5) is 1.44. The summed E-state index contributed by atoms with van der Waals surface area (Å²) < 4.78 is 27.2. The van der Waals surface area contributed by atoms with E-state index in [4.69, 9.17) is 13.0 Å². The Morgan fingerprint density at radius 3 is 2.17 bits per heavy atom. The largest absolute Gasteiger partial charge is 0.748 e. The highest BCUT2D eigenvalue weighted by molar-refractivity contribution is 7.84. The first-order valence-electron chi connectivity index (χ1n) is 5.65. The van der Waals surface area contributed by atoms with E-state index < -0.39 is 10.1 Å². The molecule has 1 aliphatic heterocycles. The first kappa shape index (κ1) is 14.9. The maximum atomic E-state index is 9.08. The van der Waals surface area contributed by atoms with E-state index in [-0.39, 0.29) is 0 Å². The van der Waals surface area contributed by atoms with Crippen molar-refractivity contribution in [2.75, 3.05) is 13.3 Å². The molecule has 4 nitrogen and oxygen atoms in total. The Hall–Kier alpha value is -1.17. The summed E-state index contributed by atoms with van der Waals surface area (Å²) in [5.41, 5.74) is 7.08. The molecule has 1 atom stereocenters. The number of nitrogens with one attached hydrogen (secondary N) is 1. The number of hydrogen-bond donors (Lipinski definition) is 1. The molecule has 1 unspecified atom stereocenters. The van der Waals surface area contributed by atoms with Crippen LogP contribution in [0.4, 0.5) is 5.69 Å². The average molecular weight is 269 g/mol. The van der Waals surface area contributed by atoms with Crippen molar-refractivity contribution < 1.29 is 17.9 Å². The van der Waals surface area contributed by atoms with Gasteiger partial charge in [0.2, 0.25) is 0 Å². The number of hydrogen-bond acceptors (Lipinski definition) is 3. The molecule has 2 rings (SSSR count). The molecule has 0 spiro atoms. The van der Waals surface area contributed by atoms with Gasteiger partial charge < -0.3 is 4.55 Å². The van der Waals surface area contributed by atoms with Crippen LogP contribution in [0.2, 0.25) is 0 Å². The molecule has 18 heavy (non-hydrogen) atoms. The van der Waals surface area contributed by atoms with Gasteiger partial charge in [-0.2, -0.15) is 0 Å². The van der Waals surface area contributed by atoms with Crippen LogP contribution in [0.3, 0.4) is 0 Å². The number of allylic oxidation sites excluding steroid dienone is 2. The van der Waals surface area contributed by atoms with Crippen LogP contribution in [0.1, 0.15) is 25.0 Å². The monoisotopic (exact) mass is 269 g/mol. The van der Waals surface area contributed by atoms with Crippen LogP contribution in [0, 0.1) is 6.92 Å². The van der Waals surface area contributed by atoms with Gasteiger partial charge >= 0.3 is 0 Å². The molecule has 0 radical (unpaired) electrons. The zero-order valence-electron chi connectivity index (χ0n) is 11.4. The minimum atomic E-state index is -3.92. The Balaban J connectivity index is 0.000000280. The standard InChI is InChI=1S/C12H15N.CH4O3S/c1-8-5-6-12-11(7-8)9(2)10(3)13(12)4;1-5(2,3)4/h5-7H,1-4H3;1H3,(H,2,3,4). The van der Waals surface area contributed by atoms with Gasteiger partial charge in [0.25, 0.3) is 0 Å². The summed E-state index contributed by atoms with van der Waals surface area (Å²) in [5.74, 6) is 0. The van der Waals surface area contributed by atoms with Crippen LogP contribution in [0.15, 0.2) is 23.9 Å². The SMILES string of the molecule is CC1=C(C)[NH+](C)c2ccc(C)cc21.CS(=O)(=O)[O-]. The summed E-state index contributed by atoms with van der Waals surface area (Å²) in [6.07, 6.45) is 0.604. The van der Waals surface area contributed by atoms with Crippen molar-refractivity contribution in [1.82, 2.24) is 0 Å². The molecule has 1 aromatic carbocycles. The highest BCUT2D eigenvalue weighted by atomic mass is 32.2. The predicted molar refractivity (Wildman–Crippen MR) is 71.6 cm³/mol. The smallest absolute Gasteiger partial charge is 0.143 e. The van der Waals surface area contributed by atoms with Crippen molar-refractivity contribution in [3.05, 3.63) is 35.0 Å². The lowest BCUT2D eigenvalue weighted by atomic mass is 10.1.